The highest BCUT2D eigenvalue weighted by atomic mass is 35.5. The molecule has 0 unspecified atom stereocenters. The van der Waals surface area contributed by atoms with E-state index in [-0.39, 0.29) is 0 Å². The number of aryl methyl sites for hydroxylation is 1. The van der Waals surface area contributed by atoms with E-state index >= 15 is 0 Å². The second-order valence-electron chi connectivity index (χ2n) is 3.77. The Morgan fingerprint density at radius 1 is 1.44 bits per heavy atom. The van der Waals surface area contributed by atoms with Crippen molar-refractivity contribution in [3.63, 3.8) is 0 Å². The second-order valence-corrected chi connectivity index (χ2v) is 4.18. The Morgan fingerprint density at radius 3 is 2.81 bits per heavy atom. The Kier molecular flexibility index (Phi) is 3.27. The van der Waals surface area contributed by atoms with Gasteiger partial charge in [-0.3, -0.25) is 0 Å². The molecule has 84 valence electrons. The summed E-state index contributed by atoms with van der Waals surface area (Å²) >= 11 is 6.18. The molecule has 0 spiro atoms. The van der Waals surface area contributed by atoms with Crippen LogP contribution in [0.1, 0.15) is 11.1 Å². The van der Waals surface area contributed by atoms with Gasteiger partial charge in [0.25, 0.3) is 0 Å². The molecule has 0 saturated carbocycles. The lowest BCUT2D eigenvalue weighted by Gasteiger charge is -2.06. The normalized spacial score (nSPS) is 10.7. The monoisotopic (exact) mass is 235 g/mol. The highest BCUT2D eigenvalue weighted by molar-refractivity contribution is 6.31. The average Bonchev–Trinajstić information content (AvgIpc) is 2.68. The third-order valence-corrected chi connectivity index (χ3v) is 2.73. The van der Waals surface area contributed by atoms with Crippen LogP contribution in [0, 0.1) is 6.92 Å². The zero-order valence-corrected chi connectivity index (χ0v) is 10.1. The first kappa shape index (κ1) is 11.2. The molecule has 0 atom stereocenters. The van der Waals surface area contributed by atoms with E-state index in [0.717, 1.165) is 28.4 Å². The molecule has 0 amide bonds. The van der Waals surface area contributed by atoms with Crippen LogP contribution in [0.3, 0.4) is 0 Å². The van der Waals surface area contributed by atoms with E-state index in [2.05, 4.69) is 10.4 Å². The predicted molar refractivity (Wildman–Crippen MR) is 66.1 cm³/mol. The van der Waals surface area contributed by atoms with Crippen LogP contribution < -0.4 is 5.32 Å². The number of hydrogen-bond acceptors (Lipinski definition) is 2. The molecule has 0 aliphatic carbocycles. The quantitative estimate of drug-likeness (QED) is 0.886. The first-order valence-corrected chi connectivity index (χ1v) is 5.53. The van der Waals surface area contributed by atoms with E-state index in [0.29, 0.717) is 0 Å². The van der Waals surface area contributed by atoms with Crippen molar-refractivity contribution in [2.75, 3.05) is 7.05 Å². The standard InChI is InChI=1S/C12H14ClN3/c1-9-6-15-16(8-9)11-4-3-10(7-14-2)12(13)5-11/h3-6,8,14H,7H2,1-2H3. The molecule has 4 heteroatoms. The Labute approximate surface area is 100 Å². The molecular formula is C12H14ClN3. The SMILES string of the molecule is CNCc1ccc(-n2cc(C)cn2)cc1Cl. The van der Waals surface area contributed by atoms with Crippen LogP contribution >= 0.6 is 11.6 Å². The highest BCUT2D eigenvalue weighted by Gasteiger charge is 2.03. The average molecular weight is 236 g/mol. The fraction of sp³-hybridized carbons (Fsp3) is 0.250. The van der Waals surface area contributed by atoms with Gasteiger partial charge in [-0.05, 0) is 37.2 Å². The van der Waals surface area contributed by atoms with Gasteiger partial charge in [0.05, 0.1) is 11.9 Å². The molecule has 1 aromatic heterocycles. The number of aromatic nitrogens is 2. The number of benzene rings is 1. The van der Waals surface area contributed by atoms with E-state index in [9.17, 15) is 0 Å². The lowest BCUT2D eigenvalue weighted by molar-refractivity contribution is 0.815. The highest BCUT2D eigenvalue weighted by Crippen LogP contribution is 2.20. The Hall–Kier alpha value is -1.32. The molecule has 0 aliphatic rings. The summed E-state index contributed by atoms with van der Waals surface area (Å²) in [6, 6.07) is 5.97. The smallest absolute Gasteiger partial charge is 0.0660 e. The topological polar surface area (TPSA) is 29.9 Å². The van der Waals surface area contributed by atoms with Gasteiger partial charge in [-0.2, -0.15) is 5.10 Å². The van der Waals surface area contributed by atoms with Crippen LogP contribution in [0.2, 0.25) is 5.02 Å². The third-order valence-electron chi connectivity index (χ3n) is 2.38. The Bertz CT molecular complexity index is 491. The lowest BCUT2D eigenvalue weighted by Crippen LogP contribution is -2.06. The lowest BCUT2D eigenvalue weighted by atomic mass is 10.2. The molecule has 0 saturated heterocycles. The van der Waals surface area contributed by atoms with E-state index < -0.39 is 0 Å². The van der Waals surface area contributed by atoms with Gasteiger partial charge in [0.2, 0.25) is 0 Å². The summed E-state index contributed by atoms with van der Waals surface area (Å²) in [5, 5.41) is 8.09. The minimum atomic E-state index is 0.764. The zero-order chi connectivity index (χ0) is 11.5. The molecule has 1 heterocycles. The zero-order valence-electron chi connectivity index (χ0n) is 9.37. The van der Waals surface area contributed by atoms with Gasteiger partial charge in [-0.15, -0.1) is 0 Å². The minimum absolute atomic E-state index is 0.764. The van der Waals surface area contributed by atoms with Gasteiger partial charge < -0.3 is 5.32 Å². The van der Waals surface area contributed by atoms with E-state index in [1.165, 1.54) is 0 Å². The fourth-order valence-electron chi connectivity index (χ4n) is 1.57. The molecule has 16 heavy (non-hydrogen) atoms. The maximum atomic E-state index is 6.18. The van der Waals surface area contributed by atoms with Gasteiger partial charge >= 0.3 is 0 Å². The first-order chi connectivity index (χ1) is 7.70. The van der Waals surface area contributed by atoms with Gasteiger partial charge in [0.15, 0.2) is 0 Å². The summed E-state index contributed by atoms with van der Waals surface area (Å²) in [5.41, 5.74) is 3.21. The van der Waals surface area contributed by atoms with Crippen molar-refractivity contribution < 1.29 is 0 Å². The van der Waals surface area contributed by atoms with Crippen LogP contribution in [0.4, 0.5) is 0 Å². The third kappa shape index (κ3) is 2.26. The van der Waals surface area contributed by atoms with Gasteiger partial charge in [-0.1, -0.05) is 17.7 Å². The van der Waals surface area contributed by atoms with Crippen LogP contribution in [-0.4, -0.2) is 16.8 Å². The van der Waals surface area contributed by atoms with Crippen molar-refractivity contribution in [2.24, 2.45) is 0 Å². The number of nitrogens with zero attached hydrogens (tertiary/aromatic N) is 2. The summed E-state index contributed by atoms with van der Waals surface area (Å²) in [7, 11) is 1.90. The molecular weight excluding hydrogens is 222 g/mol. The molecule has 1 N–H and O–H groups in total. The van der Waals surface area contributed by atoms with Gasteiger partial charge in [0, 0.05) is 17.8 Å². The van der Waals surface area contributed by atoms with Crippen molar-refractivity contribution in [1.82, 2.24) is 15.1 Å². The van der Waals surface area contributed by atoms with E-state index in [4.69, 9.17) is 11.6 Å². The van der Waals surface area contributed by atoms with E-state index in [1.54, 1.807) is 0 Å². The van der Waals surface area contributed by atoms with Crippen LogP contribution in [0.5, 0.6) is 0 Å². The van der Waals surface area contributed by atoms with Crippen molar-refractivity contribution in [3.8, 4) is 5.69 Å². The van der Waals surface area contributed by atoms with E-state index in [1.807, 2.05) is 49.2 Å². The van der Waals surface area contributed by atoms with Crippen molar-refractivity contribution >= 4 is 11.6 Å². The molecule has 2 rings (SSSR count). The van der Waals surface area contributed by atoms with Crippen LogP contribution in [-0.2, 0) is 6.54 Å². The van der Waals surface area contributed by atoms with Crippen molar-refractivity contribution in [3.05, 3.63) is 46.7 Å². The molecule has 0 fully saturated rings. The van der Waals surface area contributed by atoms with Gasteiger partial charge in [0.1, 0.15) is 0 Å². The summed E-state index contributed by atoms with van der Waals surface area (Å²) in [4.78, 5) is 0. The van der Waals surface area contributed by atoms with Crippen LogP contribution in [0.15, 0.2) is 30.6 Å². The summed E-state index contributed by atoms with van der Waals surface area (Å²) in [5.74, 6) is 0. The number of rotatable bonds is 3. The largest absolute Gasteiger partial charge is 0.316 e. The second kappa shape index (κ2) is 4.68. The maximum Gasteiger partial charge on any atom is 0.0660 e. The van der Waals surface area contributed by atoms with Crippen molar-refractivity contribution in [1.29, 1.82) is 0 Å². The number of halogens is 1. The number of hydrogen-bond donors (Lipinski definition) is 1. The van der Waals surface area contributed by atoms with Crippen molar-refractivity contribution in [2.45, 2.75) is 13.5 Å². The Morgan fingerprint density at radius 2 is 2.25 bits per heavy atom. The molecule has 0 bridgehead atoms. The Balaban J connectivity index is 2.34. The number of nitrogens with one attached hydrogen (secondary N) is 1. The summed E-state index contributed by atoms with van der Waals surface area (Å²) in [6.45, 7) is 2.79. The molecule has 0 radical (unpaired) electrons. The minimum Gasteiger partial charge on any atom is -0.316 e. The van der Waals surface area contributed by atoms with Gasteiger partial charge in [-0.25, -0.2) is 4.68 Å². The maximum absolute atomic E-state index is 6.18. The molecule has 2 aromatic rings. The fourth-order valence-corrected chi connectivity index (χ4v) is 1.81. The van der Waals surface area contributed by atoms with Crippen LogP contribution in [0.25, 0.3) is 5.69 Å². The molecule has 3 nitrogen and oxygen atoms in total. The predicted octanol–water partition coefficient (Wildman–Crippen LogP) is 2.55. The first-order valence-electron chi connectivity index (χ1n) is 5.15. The summed E-state index contributed by atoms with van der Waals surface area (Å²) < 4.78 is 1.82. The molecule has 1 aromatic carbocycles. The molecule has 0 aliphatic heterocycles. The summed E-state index contributed by atoms with van der Waals surface area (Å²) in [6.07, 6.45) is 3.80.